The fourth-order valence-electron chi connectivity index (χ4n) is 4.83. The van der Waals surface area contributed by atoms with Gasteiger partial charge in [-0.3, -0.25) is 14.2 Å². The number of aromatic hydroxyl groups is 1. The zero-order valence-corrected chi connectivity index (χ0v) is 19.6. The molecule has 2 aromatic heterocycles. The van der Waals surface area contributed by atoms with Crippen molar-refractivity contribution >= 4 is 16.9 Å². The van der Waals surface area contributed by atoms with Gasteiger partial charge in [0.25, 0.3) is 11.5 Å². The van der Waals surface area contributed by atoms with Crippen LogP contribution in [0.2, 0.25) is 0 Å². The molecule has 0 spiro atoms. The monoisotopic (exact) mass is 528 g/mol. The summed E-state index contributed by atoms with van der Waals surface area (Å²) >= 11 is 0. The summed E-state index contributed by atoms with van der Waals surface area (Å²) in [6, 6.07) is 6.08. The fraction of sp³-hybridized carbons (Fsp3) is 0.231. The Morgan fingerprint density at radius 1 is 0.947 bits per heavy atom. The smallest absolute Gasteiger partial charge is 0.337 e. The van der Waals surface area contributed by atoms with Crippen LogP contribution in [0.5, 0.6) is 5.75 Å². The Bertz CT molecular complexity index is 1670. The molecule has 2 aromatic carbocycles. The van der Waals surface area contributed by atoms with E-state index in [4.69, 9.17) is 0 Å². The number of nitrogens with zero attached hydrogens (tertiary/aromatic N) is 3. The maximum Gasteiger partial charge on any atom is 0.337 e. The van der Waals surface area contributed by atoms with E-state index in [1.165, 1.54) is 12.1 Å². The van der Waals surface area contributed by atoms with Crippen LogP contribution in [0.25, 0.3) is 16.7 Å². The van der Waals surface area contributed by atoms with Crippen molar-refractivity contribution in [2.75, 3.05) is 0 Å². The van der Waals surface area contributed by atoms with Crippen molar-refractivity contribution in [3.63, 3.8) is 0 Å². The number of amides is 1. The second kappa shape index (κ2) is 9.77. The minimum Gasteiger partial charge on any atom is -0.507 e. The van der Waals surface area contributed by atoms with Crippen molar-refractivity contribution in [3.05, 3.63) is 98.3 Å². The number of fused-ring (bicyclic) bond motifs is 1. The van der Waals surface area contributed by atoms with Gasteiger partial charge in [0.15, 0.2) is 17.3 Å². The molecule has 1 aliphatic carbocycles. The van der Waals surface area contributed by atoms with Gasteiger partial charge in [-0.1, -0.05) is 6.07 Å². The number of carbonyl (C=O) groups is 1. The Balaban J connectivity index is 1.48. The number of phenolic OH excluding ortho intramolecular Hbond substituents is 1. The molecule has 12 heteroatoms. The van der Waals surface area contributed by atoms with Gasteiger partial charge in [-0.15, -0.1) is 0 Å². The van der Waals surface area contributed by atoms with Crippen LogP contribution in [0.3, 0.4) is 0 Å². The summed E-state index contributed by atoms with van der Waals surface area (Å²) in [5, 5.41) is 12.3. The molecule has 5 rings (SSSR count). The van der Waals surface area contributed by atoms with Crippen LogP contribution in [-0.2, 0) is 0 Å². The van der Waals surface area contributed by atoms with E-state index in [2.05, 4.69) is 10.3 Å². The lowest BCUT2D eigenvalue weighted by Gasteiger charge is -2.30. The number of benzene rings is 2. The normalized spacial score (nSPS) is 17.5. The molecule has 196 valence electrons. The molecular formula is C26H20F4N4O4. The van der Waals surface area contributed by atoms with Crippen molar-refractivity contribution in [2.45, 2.75) is 37.8 Å². The summed E-state index contributed by atoms with van der Waals surface area (Å²) in [5.41, 5.74) is -2.45. The number of nitrogens with one attached hydrogen (secondary N) is 1. The third-order valence-electron chi connectivity index (χ3n) is 6.67. The molecule has 0 radical (unpaired) electrons. The lowest BCUT2D eigenvalue weighted by atomic mass is 9.90. The summed E-state index contributed by atoms with van der Waals surface area (Å²) < 4.78 is 57.5. The Morgan fingerprint density at radius 2 is 1.68 bits per heavy atom. The largest absolute Gasteiger partial charge is 0.507 e. The fourth-order valence-corrected chi connectivity index (χ4v) is 4.83. The molecule has 1 fully saturated rings. The molecule has 1 amide bonds. The summed E-state index contributed by atoms with van der Waals surface area (Å²) in [7, 11) is 0. The number of hydrogen-bond donors (Lipinski definition) is 2. The first-order valence-electron chi connectivity index (χ1n) is 11.7. The minimum absolute atomic E-state index is 0.0996. The Kier molecular flexibility index (Phi) is 6.47. The van der Waals surface area contributed by atoms with Crippen LogP contribution in [0, 0.1) is 23.3 Å². The maximum atomic E-state index is 14.0. The van der Waals surface area contributed by atoms with Gasteiger partial charge in [-0.25, -0.2) is 31.9 Å². The number of rotatable bonds is 4. The highest BCUT2D eigenvalue weighted by Gasteiger charge is 2.29. The number of pyridine rings is 1. The van der Waals surface area contributed by atoms with E-state index in [9.17, 15) is 37.1 Å². The standard InChI is InChI=1S/C26H20F4N4O4/c27-13-10-17-23(31-12-13)33(16-8-9-18(28)20(30)11-16)26(38)34(25(17)37)15-6-4-14(5-7-15)32-24(36)22-19(29)2-1-3-21(22)35/h1-3,8-12,14-15,35H,4-7H2,(H,32,36). The van der Waals surface area contributed by atoms with Crippen molar-refractivity contribution < 1.29 is 27.5 Å². The van der Waals surface area contributed by atoms with Gasteiger partial charge in [-0.2, -0.15) is 0 Å². The first kappa shape index (κ1) is 25.2. The van der Waals surface area contributed by atoms with Gasteiger partial charge in [0.2, 0.25) is 0 Å². The molecule has 38 heavy (non-hydrogen) atoms. The first-order valence-corrected chi connectivity index (χ1v) is 11.7. The summed E-state index contributed by atoms with van der Waals surface area (Å²) in [4.78, 5) is 43.2. The van der Waals surface area contributed by atoms with Gasteiger partial charge < -0.3 is 10.4 Å². The maximum absolute atomic E-state index is 14.0. The van der Waals surface area contributed by atoms with Crippen LogP contribution in [0.4, 0.5) is 17.6 Å². The topological polar surface area (TPSA) is 106 Å². The lowest BCUT2D eigenvalue weighted by molar-refractivity contribution is 0.0915. The second-order valence-electron chi connectivity index (χ2n) is 9.03. The van der Waals surface area contributed by atoms with E-state index < -0.39 is 63.8 Å². The highest BCUT2D eigenvalue weighted by Crippen LogP contribution is 2.28. The van der Waals surface area contributed by atoms with E-state index >= 15 is 0 Å². The number of hydrogen-bond acceptors (Lipinski definition) is 5. The minimum atomic E-state index is -1.22. The molecule has 1 aliphatic rings. The molecule has 4 aromatic rings. The first-order chi connectivity index (χ1) is 18.2. The van der Waals surface area contributed by atoms with Crippen LogP contribution < -0.4 is 16.6 Å². The molecule has 0 unspecified atom stereocenters. The molecule has 8 nitrogen and oxygen atoms in total. The number of halogens is 4. The van der Waals surface area contributed by atoms with E-state index in [-0.39, 0.29) is 29.6 Å². The molecule has 0 bridgehead atoms. The van der Waals surface area contributed by atoms with Crippen molar-refractivity contribution in [3.8, 4) is 11.4 Å². The highest BCUT2D eigenvalue weighted by atomic mass is 19.2. The molecule has 0 atom stereocenters. The average Bonchev–Trinajstić information content (AvgIpc) is 2.87. The summed E-state index contributed by atoms with van der Waals surface area (Å²) in [6.07, 6.45) is 1.91. The predicted molar refractivity (Wildman–Crippen MR) is 128 cm³/mol. The zero-order chi connectivity index (χ0) is 27.1. The number of aromatic nitrogens is 3. The summed E-state index contributed by atoms with van der Waals surface area (Å²) in [6.45, 7) is 0. The van der Waals surface area contributed by atoms with Crippen molar-refractivity contribution in [1.29, 1.82) is 0 Å². The molecular weight excluding hydrogens is 508 g/mol. The quantitative estimate of drug-likeness (QED) is 0.393. The Labute approximate surface area is 211 Å². The number of carbonyl (C=O) groups excluding carboxylic acids is 1. The van der Waals surface area contributed by atoms with Crippen LogP contribution in [0.1, 0.15) is 42.1 Å². The molecule has 0 saturated heterocycles. The SMILES string of the molecule is O=C(NC1CCC(n2c(=O)c3cc(F)cnc3n(-c3ccc(F)c(F)c3)c2=O)CC1)c1c(O)cccc1F. The molecule has 1 saturated carbocycles. The average molecular weight is 528 g/mol. The van der Waals surface area contributed by atoms with E-state index in [0.29, 0.717) is 12.8 Å². The second-order valence-corrected chi connectivity index (χ2v) is 9.03. The van der Waals surface area contributed by atoms with E-state index in [1.807, 2.05) is 0 Å². The van der Waals surface area contributed by atoms with Crippen LogP contribution >= 0.6 is 0 Å². The third-order valence-corrected chi connectivity index (χ3v) is 6.67. The van der Waals surface area contributed by atoms with Gasteiger partial charge in [0.1, 0.15) is 22.9 Å². The van der Waals surface area contributed by atoms with Crippen molar-refractivity contribution in [2.24, 2.45) is 0 Å². The van der Waals surface area contributed by atoms with E-state index in [0.717, 1.165) is 45.7 Å². The number of phenols is 1. The molecule has 0 aliphatic heterocycles. The Hall–Kier alpha value is -4.48. The lowest BCUT2D eigenvalue weighted by Crippen LogP contribution is -2.45. The Morgan fingerprint density at radius 3 is 2.37 bits per heavy atom. The van der Waals surface area contributed by atoms with Gasteiger partial charge in [-0.05, 0) is 56.0 Å². The van der Waals surface area contributed by atoms with Gasteiger partial charge in [0, 0.05) is 18.2 Å². The van der Waals surface area contributed by atoms with Crippen molar-refractivity contribution in [1.82, 2.24) is 19.4 Å². The summed E-state index contributed by atoms with van der Waals surface area (Å²) in [5.74, 6) is -5.36. The van der Waals surface area contributed by atoms with Crippen LogP contribution in [0.15, 0.2) is 58.3 Å². The molecule has 2 heterocycles. The predicted octanol–water partition coefficient (Wildman–Crippen LogP) is 3.72. The van der Waals surface area contributed by atoms with Gasteiger partial charge >= 0.3 is 5.69 Å². The van der Waals surface area contributed by atoms with Gasteiger partial charge in [0.05, 0.1) is 17.3 Å². The van der Waals surface area contributed by atoms with E-state index in [1.54, 1.807) is 0 Å². The molecule has 2 N–H and O–H groups in total. The highest BCUT2D eigenvalue weighted by molar-refractivity contribution is 5.97. The van der Waals surface area contributed by atoms with Crippen LogP contribution in [-0.4, -0.2) is 31.2 Å². The third kappa shape index (κ3) is 4.42. The zero-order valence-electron chi connectivity index (χ0n) is 19.6.